The minimum atomic E-state index is -5.09. The van der Waals surface area contributed by atoms with Crippen LogP contribution in [0.3, 0.4) is 0 Å². The second-order valence-electron chi connectivity index (χ2n) is 14.0. The molecule has 0 aromatic heterocycles. The molecule has 6 unspecified atom stereocenters. The number of ketones is 2. The summed E-state index contributed by atoms with van der Waals surface area (Å²) in [6, 6.07) is 25.7. The molecule has 1 saturated carbocycles. The minimum absolute atomic E-state index is 0.0126. The third-order valence-electron chi connectivity index (χ3n) is 11.3. The lowest BCUT2D eigenvalue weighted by atomic mass is 9.44. The maximum Gasteiger partial charge on any atom is 0.573 e. The average Bonchev–Trinajstić information content (AvgIpc) is 3.42. The van der Waals surface area contributed by atoms with Crippen LogP contribution in [0, 0.1) is 23.7 Å². The van der Waals surface area contributed by atoms with Crippen LogP contribution in [0.4, 0.5) is 18.9 Å². The smallest absolute Gasteiger partial charge is 0.508 e. The van der Waals surface area contributed by atoms with Crippen LogP contribution in [0.15, 0.2) is 121 Å². The summed E-state index contributed by atoms with van der Waals surface area (Å²) in [5, 5.41) is 31.1. The lowest BCUT2D eigenvalue weighted by molar-refractivity contribution is -0.274. The SMILES string of the molecule is O=C1C(c2ccccc2)=CC(=O)C2(c3ccccc3)C1CC1C(=CCC3C(=O)N(c4cccc(B(O)O)c4)C(=O)C31)C2c1cc(OC(F)(F)F)ccc1O. The van der Waals surface area contributed by atoms with Gasteiger partial charge in [0.2, 0.25) is 11.8 Å². The largest absolute Gasteiger partial charge is 0.573 e. The van der Waals surface area contributed by atoms with Crippen LogP contribution >= 0.6 is 0 Å². The number of nitrogens with zero attached hydrogens (tertiary/aromatic N) is 1. The molecule has 8 rings (SSSR count). The monoisotopic (exact) mass is 733 g/mol. The number of ether oxygens (including phenoxy) is 1. The van der Waals surface area contributed by atoms with Crippen molar-refractivity contribution in [2.75, 3.05) is 4.90 Å². The van der Waals surface area contributed by atoms with E-state index in [1.807, 2.05) is 0 Å². The Bertz CT molecular complexity index is 2270. The average molecular weight is 734 g/mol. The number of imide groups is 1. The highest BCUT2D eigenvalue weighted by Gasteiger charge is 2.66. The van der Waals surface area contributed by atoms with Crippen LogP contribution in [0.5, 0.6) is 11.5 Å². The highest BCUT2D eigenvalue weighted by atomic mass is 19.4. The van der Waals surface area contributed by atoms with Gasteiger partial charge in [0.1, 0.15) is 11.5 Å². The molecule has 9 nitrogen and oxygen atoms in total. The number of Topliss-reactive ketones (excluding diaryl/α,β-unsaturated/α-hetero) is 1. The summed E-state index contributed by atoms with van der Waals surface area (Å²) in [5.41, 5.74) is -0.322. The molecule has 4 aromatic carbocycles. The van der Waals surface area contributed by atoms with E-state index in [1.165, 1.54) is 30.3 Å². The number of phenolic OH excluding ortho intramolecular Hbond substituents is 1. The summed E-state index contributed by atoms with van der Waals surface area (Å²) in [5.74, 6) is -8.52. The molecule has 54 heavy (non-hydrogen) atoms. The fourth-order valence-corrected chi connectivity index (χ4v) is 9.26. The van der Waals surface area contributed by atoms with Gasteiger partial charge in [0.15, 0.2) is 11.6 Å². The first kappa shape index (κ1) is 35.3. The van der Waals surface area contributed by atoms with Gasteiger partial charge in [0.05, 0.1) is 22.9 Å². The zero-order valence-corrected chi connectivity index (χ0v) is 28.3. The lowest BCUT2D eigenvalue weighted by Gasteiger charge is -2.55. The summed E-state index contributed by atoms with van der Waals surface area (Å²) >= 11 is 0. The van der Waals surface area contributed by atoms with Crippen LogP contribution in [0.25, 0.3) is 5.57 Å². The Labute approximate surface area is 307 Å². The fraction of sp³-hybridized carbons (Fsp3) is 0.220. The van der Waals surface area contributed by atoms with Gasteiger partial charge in [-0.1, -0.05) is 84.4 Å². The molecule has 4 aliphatic rings. The third kappa shape index (κ3) is 5.49. The quantitative estimate of drug-likeness (QED) is 0.143. The van der Waals surface area contributed by atoms with Crippen LogP contribution in [0.1, 0.15) is 35.4 Å². The molecule has 13 heteroatoms. The number of allylic oxidation sites excluding steroid dienone is 4. The Morgan fingerprint density at radius 2 is 1.52 bits per heavy atom. The van der Waals surface area contributed by atoms with Gasteiger partial charge in [-0.25, -0.2) is 0 Å². The number of amides is 2. The number of alkyl halides is 3. The van der Waals surface area contributed by atoms with E-state index in [1.54, 1.807) is 66.7 Å². The number of rotatable bonds is 6. The van der Waals surface area contributed by atoms with Gasteiger partial charge >= 0.3 is 13.5 Å². The molecule has 3 aliphatic carbocycles. The maximum atomic E-state index is 15.1. The Morgan fingerprint density at radius 3 is 2.20 bits per heavy atom. The number of hydrogen-bond acceptors (Lipinski definition) is 8. The standard InChI is InChI=1S/C41H31BF3NO8/c43-41(44,45)54-26-14-17-33(47)31(19-26)36-27-15-16-28-35(39(51)46(38(28)50)25-13-7-12-24(18-25)42(52)53)30(27)20-32-37(49)29(22-8-3-1-4-9-22)21-34(48)40(32,36)23-10-5-2-6-11-23/h1-15,17-19,21,28,30,32,35-36,47,52-53H,16,20H2. The lowest BCUT2D eigenvalue weighted by Crippen LogP contribution is -2.58. The van der Waals surface area contributed by atoms with Gasteiger partial charge in [0.25, 0.3) is 0 Å². The van der Waals surface area contributed by atoms with E-state index >= 15 is 9.59 Å². The number of halogens is 3. The van der Waals surface area contributed by atoms with E-state index in [2.05, 4.69) is 4.74 Å². The van der Waals surface area contributed by atoms with Gasteiger partial charge in [0, 0.05) is 23.0 Å². The van der Waals surface area contributed by atoms with E-state index in [9.17, 15) is 37.9 Å². The Balaban J connectivity index is 1.36. The number of carbonyl (C=O) groups excluding carboxylic acids is 4. The molecule has 3 N–H and O–H groups in total. The zero-order chi connectivity index (χ0) is 38.1. The molecular formula is C41H31BF3NO8. The van der Waals surface area contributed by atoms with E-state index in [4.69, 9.17) is 0 Å². The number of benzene rings is 4. The highest BCUT2D eigenvalue weighted by Crippen LogP contribution is 2.64. The molecule has 0 bridgehead atoms. The van der Waals surface area contributed by atoms with Gasteiger partial charge in [-0.15, -0.1) is 13.2 Å². The van der Waals surface area contributed by atoms with Crippen LogP contribution < -0.4 is 15.1 Å². The van der Waals surface area contributed by atoms with Crippen LogP contribution in [-0.4, -0.2) is 52.0 Å². The molecule has 0 spiro atoms. The molecule has 0 radical (unpaired) electrons. The second-order valence-corrected chi connectivity index (χ2v) is 14.0. The number of aromatic hydroxyl groups is 1. The third-order valence-corrected chi connectivity index (χ3v) is 11.3. The first-order valence-electron chi connectivity index (χ1n) is 17.3. The molecule has 1 aliphatic heterocycles. The van der Waals surface area contributed by atoms with Crippen molar-refractivity contribution in [3.05, 3.63) is 138 Å². The summed E-state index contributed by atoms with van der Waals surface area (Å²) in [4.78, 5) is 59.7. The molecule has 1 heterocycles. The highest BCUT2D eigenvalue weighted by molar-refractivity contribution is 6.58. The van der Waals surface area contributed by atoms with Crippen LogP contribution in [0.2, 0.25) is 0 Å². The molecule has 2 fully saturated rings. The van der Waals surface area contributed by atoms with Crippen molar-refractivity contribution in [2.45, 2.75) is 30.5 Å². The summed E-state index contributed by atoms with van der Waals surface area (Å²) in [6.07, 6.45) is -2.17. The molecule has 4 aromatic rings. The van der Waals surface area contributed by atoms with Crippen molar-refractivity contribution in [1.29, 1.82) is 0 Å². The molecule has 6 atom stereocenters. The number of carbonyl (C=O) groups is 4. The van der Waals surface area contributed by atoms with Crippen LogP contribution in [-0.2, 0) is 24.6 Å². The summed E-state index contributed by atoms with van der Waals surface area (Å²) in [7, 11) is -1.87. The molecule has 1 saturated heterocycles. The van der Waals surface area contributed by atoms with E-state index in [0.29, 0.717) is 16.7 Å². The maximum absolute atomic E-state index is 15.1. The predicted molar refractivity (Wildman–Crippen MR) is 190 cm³/mol. The Kier molecular flexibility index (Phi) is 8.46. The van der Waals surface area contributed by atoms with Gasteiger partial charge < -0.3 is 19.9 Å². The molecule has 2 amide bonds. The fourth-order valence-electron chi connectivity index (χ4n) is 9.26. The first-order valence-corrected chi connectivity index (χ1v) is 17.3. The van der Waals surface area contributed by atoms with Gasteiger partial charge in [-0.2, -0.15) is 0 Å². The summed E-state index contributed by atoms with van der Waals surface area (Å²) < 4.78 is 45.0. The molecular weight excluding hydrogens is 702 g/mol. The Morgan fingerprint density at radius 1 is 0.815 bits per heavy atom. The number of fused-ring (bicyclic) bond motifs is 4. The number of phenols is 1. The number of hydrogen-bond donors (Lipinski definition) is 3. The van der Waals surface area contributed by atoms with Crippen molar-refractivity contribution in [1.82, 2.24) is 0 Å². The van der Waals surface area contributed by atoms with E-state index in [-0.39, 0.29) is 35.1 Å². The summed E-state index contributed by atoms with van der Waals surface area (Å²) in [6.45, 7) is 0. The van der Waals surface area contributed by atoms with E-state index in [0.717, 1.165) is 23.1 Å². The topological polar surface area (TPSA) is 141 Å². The second kappa shape index (κ2) is 13.0. The molecule has 272 valence electrons. The van der Waals surface area contributed by atoms with Crippen molar-refractivity contribution >= 4 is 47.2 Å². The van der Waals surface area contributed by atoms with Crippen molar-refractivity contribution in [3.8, 4) is 11.5 Å². The van der Waals surface area contributed by atoms with E-state index < -0.39 is 83.4 Å². The zero-order valence-electron chi connectivity index (χ0n) is 28.3. The predicted octanol–water partition coefficient (Wildman–Crippen LogP) is 5.00. The number of anilines is 1. The van der Waals surface area contributed by atoms with Crippen molar-refractivity contribution in [3.63, 3.8) is 0 Å². The minimum Gasteiger partial charge on any atom is -0.508 e. The van der Waals surface area contributed by atoms with Crippen molar-refractivity contribution in [2.24, 2.45) is 23.7 Å². The normalized spacial score (nSPS) is 26.4. The Hall–Kier alpha value is -5.79. The van der Waals surface area contributed by atoms with Gasteiger partial charge in [-0.05, 0) is 71.8 Å². The first-order chi connectivity index (χ1) is 25.8. The van der Waals surface area contributed by atoms with Crippen molar-refractivity contribution < 1.29 is 52.2 Å². The van der Waals surface area contributed by atoms with Gasteiger partial charge in [-0.3, -0.25) is 24.1 Å².